The molecule has 3 nitrogen and oxygen atoms in total. The smallest absolute Gasteiger partial charge is 0.138 e. The molecule has 0 amide bonds. The molecule has 0 saturated carbocycles. The summed E-state index contributed by atoms with van der Waals surface area (Å²) in [4.78, 5) is 2.31. The number of anilines is 1. The molecule has 114 valence electrons. The largest absolute Gasteiger partial charge is 0.492 e. The van der Waals surface area contributed by atoms with E-state index in [-0.39, 0.29) is 0 Å². The number of benzene rings is 1. The van der Waals surface area contributed by atoms with Crippen molar-refractivity contribution in [3.05, 3.63) is 23.2 Å². The van der Waals surface area contributed by atoms with Gasteiger partial charge in [-0.2, -0.15) is 0 Å². The molecular weight excluding hydrogens is 284 g/mol. The predicted octanol–water partition coefficient (Wildman–Crippen LogP) is 3.64. The summed E-state index contributed by atoms with van der Waals surface area (Å²) in [6.07, 6.45) is 8.54. The molecule has 1 saturated heterocycles. The molecule has 1 aromatic rings. The summed E-state index contributed by atoms with van der Waals surface area (Å²) in [7, 11) is 0. The van der Waals surface area contributed by atoms with Gasteiger partial charge in [0.05, 0.1) is 18.2 Å². The topological polar surface area (TPSA) is 24.5 Å². The maximum atomic E-state index is 6.25. The van der Waals surface area contributed by atoms with E-state index in [9.17, 15) is 0 Å². The molecular formula is C17H23ClN2O. The Morgan fingerprint density at radius 1 is 1.43 bits per heavy atom. The lowest BCUT2D eigenvalue weighted by molar-refractivity contribution is 0.243. The molecule has 2 rings (SSSR count). The van der Waals surface area contributed by atoms with Gasteiger partial charge in [-0.05, 0) is 37.5 Å². The average molecular weight is 307 g/mol. The van der Waals surface area contributed by atoms with Crippen molar-refractivity contribution >= 4 is 17.3 Å². The quantitative estimate of drug-likeness (QED) is 0.812. The first-order valence-electron chi connectivity index (χ1n) is 7.57. The fourth-order valence-electron chi connectivity index (χ4n) is 2.52. The van der Waals surface area contributed by atoms with Crippen molar-refractivity contribution in [2.75, 3.05) is 31.6 Å². The molecule has 0 atom stereocenters. The van der Waals surface area contributed by atoms with Gasteiger partial charge in [0.25, 0.3) is 0 Å². The maximum Gasteiger partial charge on any atom is 0.138 e. The van der Waals surface area contributed by atoms with Crippen LogP contribution in [0.25, 0.3) is 0 Å². The molecule has 1 aromatic carbocycles. The van der Waals surface area contributed by atoms with Crippen LogP contribution in [-0.2, 0) is 0 Å². The molecule has 1 aliphatic rings. The molecule has 0 unspecified atom stereocenters. The number of likely N-dealkylation sites (tertiary alicyclic amines) is 1. The summed E-state index contributed by atoms with van der Waals surface area (Å²) in [6, 6.07) is 6.40. The third-order valence-electron chi connectivity index (χ3n) is 3.67. The zero-order chi connectivity index (χ0) is 15.1. The monoisotopic (exact) mass is 306 g/mol. The number of rotatable bonds is 6. The number of nitrogens with one attached hydrogen (secondary N) is 1. The highest BCUT2D eigenvalue weighted by atomic mass is 35.5. The molecule has 0 aromatic heterocycles. The molecule has 4 heteroatoms. The molecule has 1 fully saturated rings. The molecule has 0 bridgehead atoms. The summed E-state index contributed by atoms with van der Waals surface area (Å²) in [6.45, 7) is 5.62. The number of piperidine rings is 1. The van der Waals surface area contributed by atoms with Gasteiger partial charge >= 0.3 is 0 Å². The van der Waals surface area contributed by atoms with Gasteiger partial charge in [0, 0.05) is 24.8 Å². The van der Waals surface area contributed by atoms with Gasteiger partial charge < -0.3 is 10.1 Å². The van der Waals surface area contributed by atoms with Crippen molar-refractivity contribution in [2.24, 2.45) is 0 Å². The van der Waals surface area contributed by atoms with Gasteiger partial charge in [-0.15, -0.1) is 6.42 Å². The van der Waals surface area contributed by atoms with E-state index in [2.05, 4.69) is 23.1 Å². The Bertz CT molecular complexity index is 490. The summed E-state index contributed by atoms with van der Waals surface area (Å²) < 4.78 is 5.59. The van der Waals surface area contributed by atoms with Crippen LogP contribution >= 0.6 is 11.6 Å². The van der Waals surface area contributed by atoms with Crippen LogP contribution in [0.5, 0.6) is 5.75 Å². The molecule has 0 radical (unpaired) electrons. The highest BCUT2D eigenvalue weighted by Crippen LogP contribution is 2.28. The van der Waals surface area contributed by atoms with Crippen LogP contribution in [0, 0.1) is 12.3 Å². The van der Waals surface area contributed by atoms with Crippen molar-refractivity contribution in [1.82, 2.24) is 4.90 Å². The van der Waals surface area contributed by atoms with Crippen molar-refractivity contribution in [3.63, 3.8) is 0 Å². The Hall–Kier alpha value is -1.37. The standard InChI is InChI=1S/C17H23ClN2O/c1-3-9-20-10-7-14(8-11-20)19-15-5-6-17(16(18)13-15)21-12-4-2/h1,5-6,13-14,19H,4,7-12H2,2H3. The number of halogens is 1. The van der Waals surface area contributed by atoms with Gasteiger partial charge in [0.1, 0.15) is 5.75 Å². The second-order valence-corrected chi connectivity index (χ2v) is 5.80. The summed E-state index contributed by atoms with van der Waals surface area (Å²) in [5.41, 5.74) is 1.05. The lowest BCUT2D eigenvalue weighted by Crippen LogP contribution is -2.39. The Labute approximate surface area is 132 Å². The van der Waals surface area contributed by atoms with Gasteiger partial charge in [-0.1, -0.05) is 24.4 Å². The first-order valence-corrected chi connectivity index (χ1v) is 7.95. The van der Waals surface area contributed by atoms with Gasteiger partial charge in [-0.3, -0.25) is 4.90 Å². The van der Waals surface area contributed by atoms with Gasteiger partial charge in [-0.25, -0.2) is 0 Å². The maximum absolute atomic E-state index is 6.25. The number of nitrogens with zero attached hydrogens (tertiary/aromatic N) is 1. The molecule has 1 heterocycles. The minimum absolute atomic E-state index is 0.484. The zero-order valence-corrected chi connectivity index (χ0v) is 13.3. The fourth-order valence-corrected chi connectivity index (χ4v) is 2.76. The second kappa shape index (κ2) is 8.17. The van der Waals surface area contributed by atoms with Gasteiger partial charge in [0.15, 0.2) is 0 Å². The number of hydrogen-bond acceptors (Lipinski definition) is 3. The Balaban J connectivity index is 1.86. The number of terminal acetylenes is 1. The SMILES string of the molecule is C#CCN1CCC(Nc2ccc(OCCC)c(Cl)c2)CC1. The lowest BCUT2D eigenvalue weighted by atomic mass is 10.0. The van der Waals surface area contributed by atoms with E-state index in [1.165, 1.54) is 0 Å². The molecule has 1 aliphatic heterocycles. The second-order valence-electron chi connectivity index (χ2n) is 5.39. The third-order valence-corrected chi connectivity index (χ3v) is 3.96. The van der Waals surface area contributed by atoms with E-state index >= 15 is 0 Å². The van der Waals surface area contributed by atoms with Crippen LogP contribution in [0.4, 0.5) is 5.69 Å². The minimum Gasteiger partial charge on any atom is -0.492 e. The molecule has 21 heavy (non-hydrogen) atoms. The van der Waals surface area contributed by atoms with E-state index in [0.717, 1.165) is 50.3 Å². The minimum atomic E-state index is 0.484. The Morgan fingerprint density at radius 2 is 2.19 bits per heavy atom. The molecule has 0 spiro atoms. The summed E-state index contributed by atoms with van der Waals surface area (Å²) in [5.74, 6) is 3.46. The first-order chi connectivity index (χ1) is 10.2. The van der Waals surface area contributed by atoms with Crippen molar-refractivity contribution in [1.29, 1.82) is 0 Å². The van der Waals surface area contributed by atoms with E-state index < -0.39 is 0 Å². The van der Waals surface area contributed by atoms with Crippen molar-refractivity contribution < 1.29 is 4.74 Å². The normalized spacial score (nSPS) is 16.4. The van der Waals surface area contributed by atoms with E-state index in [1.54, 1.807) is 0 Å². The van der Waals surface area contributed by atoms with E-state index in [4.69, 9.17) is 22.8 Å². The number of ether oxygens (including phenoxy) is 1. The Morgan fingerprint density at radius 3 is 2.81 bits per heavy atom. The van der Waals surface area contributed by atoms with E-state index in [1.807, 2.05) is 18.2 Å². The van der Waals surface area contributed by atoms with Crippen LogP contribution in [-0.4, -0.2) is 37.2 Å². The fraction of sp³-hybridized carbons (Fsp3) is 0.529. The van der Waals surface area contributed by atoms with E-state index in [0.29, 0.717) is 17.7 Å². The summed E-state index contributed by atoms with van der Waals surface area (Å²) in [5, 5.41) is 4.21. The van der Waals surface area contributed by atoms with Crippen molar-refractivity contribution in [2.45, 2.75) is 32.2 Å². The predicted molar refractivity (Wildman–Crippen MR) is 89.2 cm³/mol. The van der Waals surface area contributed by atoms with Crippen LogP contribution in [0.1, 0.15) is 26.2 Å². The zero-order valence-electron chi connectivity index (χ0n) is 12.6. The third kappa shape index (κ3) is 4.84. The average Bonchev–Trinajstić information content (AvgIpc) is 2.49. The molecule has 1 N–H and O–H groups in total. The highest BCUT2D eigenvalue weighted by molar-refractivity contribution is 6.32. The van der Waals surface area contributed by atoms with Crippen LogP contribution < -0.4 is 10.1 Å². The van der Waals surface area contributed by atoms with Gasteiger partial charge in [0.2, 0.25) is 0 Å². The number of hydrogen-bond donors (Lipinski definition) is 1. The summed E-state index contributed by atoms with van der Waals surface area (Å²) >= 11 is 6.25. The highest BCUT2D eigenvalue weighted by Gasteiger charge is 2.18. The van der Waals surface area contributed by atoms with Crippen LogP contribution in [0.3, 0.4) is 0 Å². The lowest BCUT2D eigenvalue weighted by Gasteiger charge is -2.31. The van der Waals surface area contributed by atoms with Crippen LogP contribution in [0.15, 0.2) is 18.2 Å². The van der Waals surface area contributed by atoms with Crippen molar-refractivity contribution in [3.8, 4) is 18.1 Å². The van der Waals surface area contributed by atoms with Crippen LogP contribution in [0.2, 0.25) is 5.02 Å². The first kappa shape index (κ1) is 16.0. The Kier molecular flexibility index (Phi) is 6.22. The molecule has 0 aliphatic carbocycles.